The summed E-state index contributed by atoms with van der Waals surface area (Å²) in [5.74, 6) is 1.47. The summed E-state index contributed by atoms with van der Waals surface area (Å²) in [6.07, 6.45) is 8.68. The maximum atomic E-state index is 12.6. The SMILES string of the molecule is Cc1cc(C(=O)N2CCCCC3CCCCC32)no1. The third-order valence-corrected chi connectivity index (χ3v) is 4.60. The Bertz CT molecular complexity index is 455. The molecule has 1 saturated carbocycles. The second-order valence-electron chi connectivity index (χ2n) is 5.93. The number of rotatable bonds is 1. The second-order valence-corrected chi connectivity index (χ2v) is 5.93. The van der Waals surface area contributed by atoms with Gasteiger partial charge in [0.25, 0.3) is 5.91 Å². The highest BCUT2D eigenvalue weighted by Crippen LogP contribution is 2.35. The molecule has 1 aromatic heterocycles. The molecule has 1 aliphatic carbocycles. The van der Waals surface area contributed by atoms with E-state index in [1.165, 1.54) is 32.1 Å². The molecule has 3 rings (SSSR count). The molecule has 0 radical (unpaired) electrons. The first-order valence-electron chi connectivity index (χ1n) is 7.50. The van der Waals surface area contributed by atoms with Gasteiger partial charge in [-0.3, -0.25) is 4.79 Å². The van der Waals surface area contributed by atoms with Gasteiger partial charge in [0.15, 0.2) is 5.69 Å². The maximum Gasteiger partial charge on any atom is 0.276 e. The van der Waals surface area contributed by atoms with Gasteiger partial charge in [0.05, 0.1) is 0 Å². The molecule has 0 N–H and O–H groups in total. The summed E-state index contributed by atoms with van der Waals surface area (Å²) < 4.78 is 5.05. The molecular weight excluding hydrogens is 240 g/mol. The lowest BCUT2D eigenvalue weighted by molar-refractivity contribution is 0.0559. The number of hydrogen-bond acceptors (Lipinski definition) is 3. The normalized spacial score (nSPS) is 27.7. The number of carbonyl (C=O) groups excluding carboxylic acids is 1. The highest BCUT2D eigenvalue weighted by atomic mass is 16.5. The molecule has 1 amide bonds. The average molecular weight is 262 g/mol. The number of aromatic nitrogens is 1. The summed E-state index contributed by atoms with van der Waals surface area (Å²) >= 11 is 0. The maximum absolute atomic E-state index is 12.6. The number of aryl methyl sites for hydroxylation is 1. The largest absolute Gasteiger partial charge is 0.361 e. The van der Waals surface area contributed by atoms with E-state index >= 15 is 0 Å². The van der Waals surface area contributed by atoms with Crippen LogP contribution in [0.3, 0.4) is 0 Å². The number of amides is 1. The summed E-state index contributed by atoms with van der Waals surface area (Å²) in [5.41, 5.74) is 0.476. The van der Waals surface area contributed by atoms with E-state index in [2.05, 4.69) is 10.1 Å². The zero-order chi connectivity index (χ0) is 13.2. The first-order valence-corrected chi connectivity index (χ1v) is 7.50. The lowest BCUT2D eigenvalue weighted by Gasteiger charge is -2.37. The summed E-state index contributed by atoms with van der Waals surface area (Å²) in [6, 6.07) is 2.19. The van der Waals surface area contributed by atoms with Gasteiger partial charge in [-0.1, -0.05) is 24.4 Å². The number of fused-ring (bicyclic) bond motifs is 1. The molecule has 1 aliphatic heterocycles. The van der Waals surface area contributed by atoms with Crippen LogP contribution in [0, 0.1) is 12.8 Å². The first-order chi connectivity index (χ1) is 9.25. The third-order valence-electron chi connectivity index (χ3n) is 4.60. The zero-order valence-corrected chi connectivity index (χ0v) is 11.6. The molecule has 1 saturated heterocycles. The molecule has 2 fully saturated rings. The summed E-state index contributed by atoms with van der Waals surface area (Å²) in [4.78, 5) is 14.7. The van der Waals surface area contributed by atoms with Gasteiger partial charge in [0, 0.05) is 18.7 Å². The minimum Gasteiger partial charge on any atom is -0.361 e. The minimum absolute atomic E-state index is 0.0654. The Morgan fingerprint density at radius 3 is 2.74 bits per heavy atom. The van der Waals surface area contributed by atoms with Crippen molar-refractivity contribution in [2.45, 2.75) is 57.9 Å². The van der Waals surface area contributed by atoms with Gasteiger partial charge >= 0.3 is 0 Å². The van der Waals surface area contributed by atoms with Crippen molar-refractivity contribution in [2.24, 2.45) is 5.92 Å². The van der Waals surface area contributed by atoms with Crippen LogP contribution in [-0.4, -0.2) is 28.6 Å². The van der Waals surface area contributed by atoms with Crippen LogP contribution < -0.4 is 0 Å². The van der Waals surface area contributed by atoms with Crippen LogP contribution in [0.25, 0.3) is 0 Å². The van der Waals surface area contributed by atoms with Crippen molar-refractivity contribution in [3.63, 3.8) is 0 Å². The van der Waals surface area contributed by atoms with Gasteiger partial charge in [-0.25, -0.2) is 0 Å². The van der Waals surface area contributed by atoms with Gasteiger partial charge in [-0.05, 0) is 38.5 Å². The molecule has 2 atom stereocenters. The number of carbonyl (C=O) groups is 1. The second kappa shape index (κ2) is 5.35. The standard InChI is InChI=1S/C15H22N2O2/c1-11-10-13(16-19-11)15(18)17-9-5-4-7-12-6-2-3-8-14(12)17/h10,12,14H,2-9H2,1H3. The smallest absolute Gasteiger partial charge is 0.276 e. The van der Waals surface area contributed by atoms with E-state index < -0.39 is 0 Å². The van der Waals surface area contributed by atoms with Gasteiger partial charge in [-0.15, -0.1) is 0 Å². The van der Waals surface area contributed by atoms with E-state index in [9.17, 15) is 4.79 Å². The fraction of sp³-hybridized carbons (Fsp3) is 0.733. The Morgan fingerprint density at radius 1 is 1.26 bits per heavy atom. The minimum atomic E-state index is 0.0654. The molecule has 0 bridgehead atoms. The zero-order valence-electron chi connectivity index (χ0n) is 11.6. The Labute approximate surface area is 114 Å². The van der Waals surface area contributed by atoms with Crippen LogP contribution in [0.1, 0.15) is 61.2 Å². The molecule has 0 aromatic carbocycles. The Balaban J connectivity index is 1.82. The van der Waals surface area contributed by atoms with Crippen molar-refractivity contribution in [2.75, 3.05) is 6.54 Å². The third kappa shape index (κ3) is 2.53. The fourth-order valence-corrected chi connectivity index (χ4v) is 3.66. The molecule has 1 aromatic rings. The Morgan fingerprint density at radius 2 is 2.00 bits per heavy atom. The highest BCUT2D eigenvalue weighted by Gasteiger charge is 2.35. The van der Waals surface area contributed by atoms with Crippen LogP contribution in [0.15, 0.2) is 10.6 Å². The number of hydrogen-bond donors (Lipinski definition) is 0. The quantitative estimate of drug-likeness (QED) is 0.781. The number of likely N-dealkylation sites (tertiary alicyclic amines) is 1. The lowest BCUT2D eigenvalue weighted by atomic mass is 9.81. The van der Waals surface area contributed by atoms with E-state index in [0.29, 0.717) is 23.4 Å². The van der Waals surface area contributed by atoms with Crippen LogP contribution >= 0.6 is 0 Å². The van der Waals surface area contributed by atoms with Crippen molar-refractivity contribution in [3.8, 4) is 0 Å². The summed E-state index contributed by atoms with van der Waals surface area (Å²) in [7, 11) is 0. The summed E-state index contributed by atoms with van der Waals surface area (Å²) in [6.45, 7) is 2.71. The average Bonchev–Trinajstić information content (AvgIpc) is 2.74. The molecule has 2 unspecified atom stereocenters. The molecule has 2 heterocycles. The Kier molecular flexibility index (Phi) is 3.58. The monoisotopic (exact) mass is 262 g/mol. The fourth-order valence-electron chi connectivity index (χ4n) is 3.66. The van der Waals surface area contributed by atoms with Gasteiger partial charge in [0.1, 0.15) is 5.76 Å². The number of nitrogens with zero attached hydrogens (tertiary/aromatic N) is 2. The highest BCUT2D eigenvalue weighted by molar-refractivity contribution is 5.92. The summed E-state index contributed by atoms with van der Waals surface area (Å²) in [5, 5.41) is 3.89. The molecular formula is C15H22N2O2. The molecule has 19 heavy (non-hydrogen) atoms. The van der Waals surface area contributed by atoms with E-state index in [1.807, 2.05) is 6.92 Å². The van der Waals surface area contributed by atoms with Crippen molar-refractivity contribution in [3.05, 3.63) is 17.5 Å². The van der Waals surface area contributed by atoms with Gasteiger partial charge in [-0.2, -0.15) is 0 Å². The van der Waals surface area contributed by atoms with Gasteiger partial charge < -0.3 is 9.42 Å². The molecule has 4 nitrogen and oxygen atoms in total. The molecule has 0 spiro atoms. The molecule has 4 heteroatoms. The predicted octanol–water partition coefficient (Wildman–Crippen LogP) is 3.17. The topological polar surface area (TPSA) is 46.3 Å². The van der Waals surface area contributed by atoms with Crippen molar-refractivity contribution in [1.82, 2.24) is 10.1 Å². The van der Waals surface area contributed by atoms with E-state index in [0.717, 1.165) is 19.4 Å². The van der Waals surface area contributed by atoms with Gasteiger partial charge in [0.2, 0.25) is 0 Å². The Hall–Kier alpha value is -1.32. The molecule has 2 aliphatic rings. The van der Waals surface area contributed by atoms with Crippen LogP contribution in [0.2, 0.25) is 0 Å². The van der Waals surface area contributed by atoms with Crippen molar-refractivity contribution < 1.29 is 9.32 Å². The first kappa shape index (κ1) is 12.7. The van der Waals surface area contributed by atoms with Crippen molar-refractivity contribution in [1.29, 1.82) is 0 Å². The predicted molar refractivity (Wildman–Crippen MR) is 71.9 cm³/mol. The van der Waals surface area contributed by atoms with E-state index in [1.54, 1.807) is 6.07 Å². The van der Waals surface area contributed by atoms with E-state index in [-0.39, 0.29) is 5.91 Å². The van der Waals surface area contributed by atoms with Crippen LogP contribution in [0.4, 0.5) is 0 Å². The lowest BCUT2D eigenvalue weighted by Crippen LogP contribution is -2.45. The van der Waals surface area contributed by atoms with Crippen LogP contribution in [-0.2, 0) is 0 Å². The van der Waals surface area contributed by atoms with Crippen LogP contribution in [0.5, 0.6) is 0 Å². The molecule has 104 valence electrons. The van der Waals surface area contributed by atoms with E-state index in [4.69, 9.17) is 4.52 Å². The van der Waals surface area contributed by atoms with Crippen molar-refractivity contribution >= 4 is 5.91 Å².